The van der Waals surface area contributed by atoms with Crippen molar-refractivity contribution in [1.29, 1.82) is 0 Å². The summed E-state index contributed by atoms with van der Waals surface area (Å²) in [7, 11) is 3.99. The fraction of sp³-hybridized carbons (Fsp3) is 0.391. The van der Waals surface area contributed by atoms with Crippen molar-refractivity contribution in [3.8, 4) is 5.75 Å². The van der Waals surface area contributed by atoms with Gasteiger partial charge in [-0.15, -0.1) is 0 Å². The van der Waals surface area contributed by atoms with Crippen LogP contribution in [0.25, 0.3) is 10.2 Å². The lowest BCUT2D eigenvalue weighted by Crippen LogP contribution is -2.36. The van der Waals surface area contributed by atoms with Gasteiger partial charge in [0.2, 0.25) is 0 Å². The van der Waals surface area contributed by atoms with Crippen LogP contribution in [0, 0.1) is 5.82 Å². The van der Waals surface area contributed by atoms with E-state index in [0.29, 0.717) is 28.9 Å². The molecule has 1 amide bonds. The number of carbonyl (C=O) groups is 1. The molecule has 7 heteroatoms. The molecule has 3 aromatic rings. The summed E-state index contributed by atoms with van der Waals surface area (Å²) in [6.07, 6.45) is 0.798. The van der Waals surface area contributed by atoms with Crippen molar-refractivity contribution in [2.24, 2.45) is 0 Å². The van der Waals surface area contributed by atoms with E-state index in [1.54, 1.807) is 11.0 Å². The Bertz CT molecular complexity index is 986. The van der Waals surface area contributed by atoms with Crippen molar-refractivity contribution >= 4 is 32.6 Å². The van der Waals surface area contributed by atoms with Gasteiger partial charge in [0.25, 0.3) is 5.91 Å². The average molecular weight is 430 g/mol. The van der Waals surface area contributed by atoms with Gasteiger partial charge >= 0.3 is 0 Å². The van der Waals surface area contributed by atoms with Gasteiger partial charge in [-0.1, -0.05) is 37.3 Å². The highest BCUT2D eigenvalue weighted by Crippen LogP contribution is 2.30. The molecule has 30 heavy (non-hydrogen) atoms. The number of nitrogens with zero attached hydrogens (tertiary/aromatic N) is 3. The standard InChI is InChI=1S/C23H28FN3O2S/c1-16(2)17-6-9-19(10-7-17)29-15-22(28)27(13-5-12-26(3)4)23-25-20-11-8-18(24)14-21(20)30-23/h6-11,14,16H,5,12-13,15H2,1-4H3. The summed E-state index contributed by atoms with van der Waals surface area (Å²) in [4.78, 5) is 21.3. The number of amides is 1. The number of halogens is 1. The highest BCUT2D eigenvalue weighted by atomic mass is 32.1. The molecule has 0 bridgehead atoms. The molecule has 0 fully saturated rings. The van der Waals surface area contributed by atoms with Crippen LogP contribution in [0.4, 0.5) is 9.52 Å². The van der Waals surface area contributed by atoms with Crippen LogP contribution in [0.3, 0.4) is 0 Å². The molecule has 0 spiro atoms. The lowest BCUT2D eigenvalue weighted by molar-refractivity contribution is -0.120. The molecule has 0 N–H and O–H groups in total. The fourth-order valence-electron chi connectivity index (χ4n) is 3.05. The van der Waals surface area contributed by atoms with Gasteiger partial charge in [-0.25, -0.2) is 9.37 Å². The molecule has 0 radical (unpaired) electrons. The maximum Gasteiger partial charge on any atom is 0.266 e. The maximum absolute atomic E-state index is 13.6. The monoisotopic (exact) mass is 429 g/mol. The molecule has 1 aromatic heterocycles. The van der Waals surface area contributed by atoms with E-state index in [0.717, 1.165) is 17.7 Å². The molecule has 2 aromatic carbocycles. The van der Waals surface area contributed by atoms with Gasteiger partial charge < -0.3 is 9.64 Å². The van der Waals surface area contributed by atoms with Crippen LogP contribution in [-0.4, -0.2) is 49.6 Å². The van der Waals surface area contributed by atoms with Gasteiger partial charge in [-0.05, 0) is 68.9 Å². The summed E-state index contributed by atoms with van der Waals surface area (Å²) in [5.41, 5.74) is 1.91. The second-order valence-corrected chi connectivity index (χ2v) is 8.83. The minimum atomic E-state index is -0.309. The normalized spacial score (nSPS) is 11.4. The molecule has 0 aliphatic carbocycles. The summed E-state index contributed by atoms with van der Waals surface area (Å²) in [6.45, 7) is 5.56. The van der Waals surface area contributed by atoms with Crippen LogP contribution in [0.2, 0.25) is 0 Å². The zero-order chi connectivity index (χ0) is 21.7. The van der Waals surface area contributed by atoms with Gasteiger partial charge in [-0.2, -0.15) is 0 Å². The summed E-state index contributed by atoms with van der Waals surface area (Å²) >= 11 is 1.32. The van der Waals surface area contributed by atoms with Gasteiger partial charge in [0.15, 0.2) is 11.7 Å². The largest absolute Gasteiger partial charge is 0.484 e. The number of carbonyl (C=O) groups excluding carboxylic acids is 1. The van der Waals surface area contributed by atoms with E-state index in [2.05, 4.69) is 23.7 Å². The molecule has 160 valence electrons. The van der Waals surface area contributed by atoms with Crippen LogP contribution in [0.1, 0.15) is 31.7 Å². The van der Waals surface area contributed by atoms with Gasteiger partial charge in [0, 0.05) is 6.54 Å². The van der Waals surface area contributed by atoms with E-state index in [4.69, 9.17) is 4.74 Å². The lowest BCUT2D eigenvalue weighted by Gasteiger charge is -2.21. The molecule has 1 heterocycles. The minimum absolute atomic E-state index is 0.0761. The number of aromatic nitrogens is 1. The lowest BCUT2D eigenvalue weighted by atomic mass is 10.0. The van der Waals surface area contributed by atoms with Gasteiger partial charge in [0.1, 0.15) is 11.6 Å². The molecule has 0 saturated carbocycles. The molecule has 5 nitrogen and oxygen atoms in total. The van der Waals surface area contributed by atoms with Crippen molar-refractivity contribution in [2.75, 3.05) is 38.7 Å². The Labute approximate surface area is 181 Å². The SMILES string of the molecule is CC(C)c1ccc(OCC(=O)N(CCCN(C)C)c2nc3ccc(F)cc3s2)cc1. The quantitative estimate of drug-likeness (QED) is 0.484. The first kappa shape index (κ1) is 22.2. The average Bonchev–Trinajstić information content (AvgIpc) is 3.12. The van der Waals surface area contributed by atoms with Gasteiger partial charge in [0.05, 0.1) is 10.2 Å². The second kappa shape index (κ2) is 10.00. The highest BCUT2D eigenvalue weighted by Gasteiger charge is 2.20. The number of fused-ring (bicyclic) bond motifs is 1. The van der Waals surface area contributed by atoms with E-state index < -0.39 is 0 Å². The molecule has 0 atom stereocenters. The summed E-state index contributed by atoms with van der Waals surface area (Å²) < 4.78 is 20.0. The second-order valence-electron chi connectivity index (χ2n) is 7.82. The molecule has 3 rings (SSSR count). The zero-order valence-electron chi connectivity index (χ0n) is 17.9. The highest BCUT2D eigenvalue weighted by molar-refractivity contribution is 7.22. The number of benzene rings is 2. The number of hydrogen-bond acceptors (Lipinski definition) is 5. The first-order valence-corrected chi connectivity index (χ1v) is 10.9. The topological polar surface area (TPSA) is 45.7 Å². The van der Waals surface area contributed by atoms with Crippen molar-refractivity contribution in [2.45, 2.75) is 26.2 Å². The summed E-state index contributed by atoms with van der Waals surface area (Å²) in [5, 5.41) is 0.568. The van der Waals surface area contributed by atoms with Crippen molar-refractivity contribution in [3.05, 3.63) is 53.8 Å². The molecular formula is C23H28FN3O2S. The number of ether oxygens (including phenoxy) is 1. The molecular weight excluding hydrogens is 401 g/mol. The molecule has 0 unspecified atom stereocenters. The predicted molar refractivity (Wildman–Crippen MR) is 121 cm³/mol. The van der Waals surface area contributed by atoms with Crippen LogP contribution in [0.5, 0.6) is 5.75 Å². The van der Waals surface area contributed by atoms with Crippen molar-refractivity contribution in [3.63, 3.8) is 0 Å². The van der Waals surface area contributed by atoms with Crippen LogP contribution < -0.4 is 9.64 Å². The summed E-state index contributed by atoms with van der Waals surface area (Å²) in [6, 6.07) is 12.3. The maximum atomic E-state index is 13.6. The third-order valence-corrected chi connectivity index (χ3v) is 5.81. The Morgan fingerprint density at radius 2 is 1.87 bits per heavy atom. The minimum Gasteiger partial charge on any atom is -0.484 e. The predicted octanol–water partition coefficient (Wildman–Crippen LogP) is 4.92. The smallest absolute Gasteiger partial charge is 0.266 e. The van der Waals surface area contributed by atoms with E-state index >= 15 is 0 Å². The molecule has 0 aliphatic rings. The Kier molecular flexibility index (Phi) is 7.39. The van der Waals surface area contributed by atoms with E-state index in [1.807, 2.05) is 38.4 Å². The van der Waals surface area contributed by atoms with Crippen molar-refractivity contribution in [1.82, 2.24) is 9.88 Å². The van der Waals surface area contributed by atoms with Crippen LogP contribution in [0.15, 0.2) is 42.5 Å². The molecule has 0 aliphatic heterocycles. The first-order valence-electron chi connectivity index (χ1n) is 10.1. The first-order chi connectivity index (χ1) is 14.3. The fourth-order valence-corrected chi connectivity index (χ4v) is 4.08. The van der Waals surface area contributed by atoms with Gasteiger partial charge in [-0.3, -0.25) is 9.69 Å². The molecule has 0 saturated heterocycles. The van der Waals surface area contributed by atoms with E-state index in [-0.39, 0.29) is 18.3 Å². The summed E-state index contributed by atoms with van der Waals surface area (Å²) in [5.74, 6) is 0.627. The van der Waals surface area contributed by atoms with Crippen LogP contribution >= 0.6 is 11.3 Å². The zero-order valence-corrected chi connectivity index (χ0v) is 18.7. The van der Waals surface area contributed by atoms with Crippen LogP contribution in [-0.2, 0) is 4.79 Å². The number of thiazole rings is 1. The third-order valence-electron chi connectivity index (χ3n) is 4.77. The third kappa shape index (κ3) is 5.77. The van der Waals surface area contributed by atoms with E-state index in [1.165, 1.54) is 29.0 Å². The number of hydrogen-bond donors (Lipinski definition) is 0. The number of anilines is 1. The van der Waals surface area contributed by atoms with E-state index in [9.17, 15) is 9.18 Å². The Morgan fingerprint density at radius 1 is 1.13 bits per heavy atom. The Morgan fingerprint density at radius 3 is 2.53 bits per heavy atom. The Hall–Kier alpha value is -2.51. The van der Waals surface area contributed by atoms with Crippen molar-refractivity contribution < 1.29 is 13.9 Å². The number of rotatable bonds is 9. The Balaban J connectivity index is 1.73.